The molecule has 0 radical (unpaired) electrons. The van der Waals surface area contributed by atoms with Crippen LogP contribution in [0.15, 0.2) is 18.2 Å². The first-order chi connectivity index (χ1) is 13.2. The Morgan fingerprint density at radius 1 is 1.07 bits per heavy atom. The van der Waals surface area contributed by atoms with Crippen molar-refractivity contribution in [2.45, 2.75) is 12.8 Å². The predicted octanol–water partition coefficient (Wildman–Crippen LogP) is 0.501. The van der Waals surface area contributed by atoms with Crippen LogP contribution >= 0.6 is 0 Å². The Labute approximate surface area is 165 Å². The van der Waals surface area contributed by atoms with Gasteiger partial charge >= 0.3 is 5.97 Å². The van der Waals surface area contributed by atoms with Crippen LogP contribution in [0.4, 0.5) is 11.4 Å². The summed E-state index contributed by atoms with van der Waals surface area (Å²) in [6.07, 6.45) is 3.14. The van der Waals surface area contributed by atoms with E-state index in [1.807, 2.05) is 9.80 Å². The summed E-state index contributed by atoms with van der Waals surface area (Å²) in [5.41, 5.74) is 0.685. The van der Waals surface area contributed by atoms with Crippen LogP contribution in [0.1, 0.15) is 23.2 Å². The number of nitrogens with one attached hydrogen (secondary N) is 1. The van der Waals surface area contributed by atoms with Gasteiger partial charge in [-0.2, -0.15) is 0 Å². The number of aromatic carboxylic acids is 1. The molecule has 2 heterocycles. The zero-order valence-corrected chi connectivity index (χ0v) is 16.7. The largest absolute Gasteiger partial charge is 0.478 e. The highest BCUT2D eigenvalue weighted by Gasteiger charge is 2.24. The van der Waals surface area contributed by atoms with Crippen LogP contribution in [-0.2, 0) is 14.8 Å². The molecule has 2 fully saturated rings. The van der Waals surface area contributed by atoms with Crippen LogP contribution in [0.25, 0.3) is 0 Å². The molecule has 1 amide bonds. The van der Waals surface area contributed by atoms with Gasteiger partial charge in [-0.15, -0.1) is 0 Å². The number of benzene rings is 1. The molecule has 28 heavy (non-hydrogen) atoms. The van der Waals surface area contributed by atoms with Crippen molar-refractivity contribution in [2.24, 2.45) is 0 Å². The fourth-order valence-electron chi connectivity index (χ4n) is 3.62. The number of nitrogens with zero attached hydrogens (tertiary/aromatic N) is 3. The van der Waals surface area contributed by atoms with E-state index in [4.69, 9.17) is 0 Å². The van der Waals surface area contributed by atoms with Crippen molar-refractivity contribution >= 4 is 33.3 Å². The second-order valence-corrected chi connectivity index (χ2v) is 9.01. The molecule has 0 atom stereocenters. The first-order valence-electron chi connectivity index (χ1n) is 9.33. The van der Waals surface area contributed by atoms with Gasteiger partial charge in [0.25, 0.3) is 0 Å². The normalized spacial score (nSPS) is 18.3. The van der Waals surface area contributed by atoms with Crippen molar-refractivity contribution in [2.75, 3.05) is 61.7 Å². The first-order valence-corrected chi connectivity index (χ1v) is 11.2. The molecular weight excluding hydrogens is 384 g/mol. The number of sulfonamides is 1. The molecule has 0 unspecified atom stereocenters. The van der Waals surface area contributed by atoms with E-state index < -0.39 is 16.0 Å². The van der Waals surface area contributed by atoms with E-state index in [0.29, 0.717) is 32.7 Å². The van der Waals surface area contributed by atoms with Crippen molar-refractivity contribution in [3.8, 4) is 0 Å². The Kier molecular flexibility index (Phi) is 6.09. The number of likely N-dealkylation sites (tertiary alicyclic amines) is 1. The van der Waals surface area contributed by atoms with E-state index in [2.05, 4.69) is 9.62 Å². The monoisotopic (exact) mass is 410 g/mol. The quantitative estimate of drug-likeness (QED) is 0.703. The predicted molar refractivity (Wildman–Crippen MR) is 106 cm³/mol. The van der Waals surface area contributed by atoms with E-state index in [1.165, 1.54) is 12.1 Å². The lowest BCUT2D eigenvalue weighted by atomic mass is 10.1. The lowest BCUT2D eigenvalue weighted by molar-refractivity contribution is -0.131. The maximum atomic E-state index is 12.3. The number of piperazine rings is 1. The number of carboxylic acids is 1. The molecule has 1 aromatic carbocycles. The Morgan fingerprint density at radius 2 is 1.71 bits per heavy atom. The highest BCUT2D eigenvalue weighted by molar-refractivity contribution is 7.92. The van der Waals surface area contributed by atoms with E-state index in [1.54, 1.807) is 6.07 Å². The summed E-state index contributed by atoms with van der Waals surface area (Å²) in [6.45, 7) is 4.90. The maximum absolute atomic E-state index is 12.3. The van der Waals surface area contributed by atoms with Gasteiger partial charge < -0.3 is 14.9 Å². The van der Waals surface area contributed by atoms with Gasteiger partial charge in [-0.1, -0.05) is 0 Å². The summed E-state index contributed by atoms with van der Waals surface area (Å²) in [6, 6.07) is 4.68. The zero-order chi connectivity index (χ0) is 20.3. The lowest BCUT2D eigenvalue weighted by Crippen LogP contribution is -2.49. The van der Waals surface area contributed by atoms with Crippen molar-refractivity contribution in [1.82, 2.24) is 9.80 Å². The molecule has 0 aromatic heterocycles. The molecule has 2 aliphatic rings. The van der Waals surface area contributed by atoms with Crippen LogP contribution in [0.2, 0.25) is 0 Å². The van der Waals surface area contributed by atoms with Crippen LogP contribution in [0.3, 0.4) is 0 Å². The van der Waals surface area contributed by atoms with Crippen LogP contribution in [-0.4, -0.2) is 87.3 Å². The Balaban J connectivity index is 1.62. The first kappa shape index (κ1) is 20.4. The molecule has 1 aromatic rings. The smallest absolute Gasteiger partial charge is 0.337 e. The number of hydrogen-bond acceptors (Lipinski definition) is 6. The number of carbonyl (C=O) groups excluding carboxylic acids is 1. The average molecular weight is 410 g/mol. The molecule has 2 saturated heterocycles. The fraction of sp³-hybridized carbons (Fsp3) is 0.556. The molecule has 0 spiro atoms. The van der Waals surface area contributed by atoms with Crippen molar-refractivity contribution in [1.29, 1.82) is 0 Å². The van der Waals surface area contributed by atoms with Gasteiger partial charge in [0, 0.05) is 45.0 Å². The second-order valence-electron chi connectivity index (χ2n) is 7.26. The molecular formula is C18H26N4O5S. The number of carboxylic acid groups (broad SMARTS) is 1. The van der Waals surface area contributed by atoms with Gasteiger partial charge in [0.2, 0.25) is 15.9 Å². The molecule has 154 valence electrons. The molecule has 9 nitrogen and oxygen atoms in total. The summed E-state index contributed by atoms with van der Waals surface area (Å²) in [4.78, 5) is 29.9. The number of carbonyl (C=O) groups is 2. The second kappa shape index (κ2) is 8.36. The number of anilines is 2. The van der Waals surface area contributed by atoms with Crippen molar-refractivity contribution < 1.29 is 23.1 Å². The minimum absolute atomic E-state index is 0.0496. The van der Waals surface area contributed by atoms with Crippen molar-refractivity contribution in [3.63, 3.8) is 0 Å². The molecule has 3 rings (SSSR count). The van der Waals surface area contributed by atoms with Gasteiger partial charge in [0.15, 0.2) is 0 Å². The van der Waals surface area contributed by atoms with Gasteiger partial charge in [0.1, 0.15) is 0 Å². The van der Waals surface area contributed by atoms with Crippen LogP contribution in [0.5, 0.6) is 0 Å². The highest BCUT2D eigenvalue weighted by Crippen LogP contribution is 2.25. The van der Waals surface area contributed by atoms with E-state index in [-0.39, 0.29) is 17.2 Å². The Hall–Kier alpha value is -2.33. The third-order valence-corrected chi connectivity index (χ3v) is 5.67. The topological polar surface area (TPSA) is 110 Å². The summed E-state index contributed by atoms with van der Waals surface area (Å²) in [5.74, 6) is -1.02. The summed E-state index contributed by atoms with van der Waals surface area (Å²) < 4.78 is 25.1. The summed E-state index contributed by atoms with van der Waals surface area (Å²) in [7, 11) is -3.57. The number of amides is 1. The third-order valence-electron chi connectivity index (χ3n) is 5.08. The molecule has 0 bridgehead atoms. The third kappa shape index (κ3) is 5.14. The van der Waals surface area contributed by atoms with Crippen LogP contribution < -0.4 is 9.62 Å². The fourth-order valence-corrected chi connectivity index (χ4v) is 4.19. The van der Waals surface area contributed by atoms with Crippen LogP contribution in [0, 0.1) is 0 Å². The number of hydrogen-bond donors (Lipinski definition) is 2. The van der Waals surface area contributed by atoms with Gasteiger partial charge in [-0.3, -0.25) is 14.4 Å². The zero-order valence-electron chi connectivity index (χ0n) is 15.9. The van der Waals surface area contributed by atoms with Gasteiger partial charge in [-0.05, 0) is 31.0 Å². The standard InChI is InChI=1S/C18H26N4O5S/c1-28(26,27)19-16-5-4-14(12-15(16)18(24)25)21-10-8-20(9-11-21)13-17(23)22-6-2-3-7-22/h4-5,12,19H,2-3,6-11,13H2,1H3,(H,24,25). The minimum Gasteiger partial charge on any atom is -0.478 e. The molecule has 10 heteroatoms. The highest BCUT2D eigenvalue weighted by atomic mass is 32.2. The van der Waals surface area contributed by atoms with E-state index in [9.17, 15) is 23.1 Å². The molecule has 0 saturated carbocycles. The van der Waals surface area contributed by atoms with Gasteiger partial charge in [0.05, 0.1) is 24.1 Å². The van der Waals surface area contributed by atoms with E-state index in [0.717, 1.165) is 37.9 Å². The average Bonchev–Trinajstić information content (AvgIpc) is 3.16. The molecule has 2 N–H and O–H groups in total. The minimum atomic E-state index is -3.57. The Bertz CT molecular complexity index is 844. The maximum Gasteiger partial charge on any atom is 0.337 e. The number of rotatable bonds is 6. The SMILES string of the molecule is CS(=O)(=O)Nc1ccc(N2CCN(CC(=O)N3CCCC3)CC2)cc1C(=O)O. The molecule has 2 aliphatic heterocycles. The van der Waals surface area contributed by atoms with Gasteiger partial charge in [-0.25, -0.2) is 13.2 Å². The molecule has 0 aliphatic carbocycles. The summed E-state index contributed by atoms with van der Waals surface area (Å²) in [5, 5.41) is 9.43. The summed E-state index contributed by atoms with van der Waals surface area (Å²) >= 11 is 0. The van der Waals surface area contributed by atoms with E-state index >= 15 is 0 Å². The van der Waals surface area contributed by atoms with Crippen molar-refractivity contribution in [3.05, 3.63) is 23.8 Å². The Morgan fingerprint density at radius 3 is 2.29 bits per heavy atom. The lowest BCUT2D eigenvalue weighted by Gasteiger charge is -2.36.